The minimum absolute atomic E-state index is 0.0376. The first-order valence-corrected chi connectivity index (χ1v) is 7.18. The van der Waals surface area contributed by atoms with E-state index in [1.54, 1.807) is 4.90 Å². The van der Waals surface area contributed by atoms with E-state index >= 15 is 0 Å². The molecular weight excluding hydrogens is 244 g/mol. The summed E-state index contributed by atoms with van der Waals surface area (Å²) >= 11 is 0. The number of carbonyl (C=O) groups excluding carboxylic acids is 2. The number of carbonyl (C=O) groups is 2. The fraction of sp³-hybridized carbons (Fsp3) is 0.857. The van der Waals surface area contributed by atoms with Crippen LogP contribution in [-0.2, 0) is 14.3 Å². The second-order valence-corrected chi connectivity index (χ2v) is 6.08. The van der Waals surface area contributed by atoms with Gasteiger partial charge in [-0.15, -0.1) is 0 Å². The molecule has 3 atom stereocenters. The molecule has 0 bridgehead atoms. The van der Waals surface area contributed by atoms with Crippen molar-refractivity contribution >= 4 is 11.8 Å². The summed E-state index contributed by atoms with van der Waals surface area (Å²) in [6.45, 7) is 7.02. The van der Waals surface area contributed by atoms with Crippen molar-refractivity contribution in [2.75, 3.05) is 13.2 Å². The van der Waals surface area contributed by atoms with Crippen LogP contribution in [-0.4, -0.2) is 48.1 Å². The molecule has 108 valence electrons. The van der Waals surface area contributed by atoms with E-state index in [-0.39, 0.29) is 36.5 Å². The van der Waals surface area contributed by atoms with Crippen LogP contribution in [0.25, 0.3) is 0 Å². The van der Waals surface area contributed by atoms with Gasteiger partial charge in [-0.1, -0.05) is 13.8 Å². The largest absolute Gasteiger partial charge is 0.378 e. The number of hydrogen-bond donors (Lipinski definition) is 1. The molecule has 1 N–H and O–H groups in total. The van der Waals surface area contributed by atoms with Crippen molar-refractivity contribution in [1.29, 1.82) is 0 Å². The molecule has 2 aliphatic rings. The van der Waals surface area contributed by atoms with Crippen molar-refractivity contribution in [2.45, 2.75) is 58.2 Å². The van der Waals surface area contributed by atoms with Crippen LogP contribution in [0.4, 0.5) is 0 Å². The van der Waals surface area contributed by atoms with E-state index in [0.29, 0.717) is 18.9 Å². The lowest BCUT2D eigenvalue weighted by atomic mass is 9.96. The van der Waals surface area contributed by atoms with Gasteiger partial charge < -0.3 is 15.0 Å². The Morgan fingerprint density at radius 1 is 1.42 bits per heavy atom. The van der Waals surface area contributed by atoms with E-state index in [4.69, 9.17) is 4.74 Å². The van der Waals surface area contributed by atoms with Crippen molar-refractivity contribution < 1.29 is 14.3 Å². The summed E-state index contributed by atoms with van der Waals surface area (Å²) in [6.07, 6.45) is 2.53. The van der Waals surface area contributed by atoms with E-state index in [9.17, 15) is 9.59 Å². The average molecular weight is 268 g/mol. The smallest absolute Gasteiger partial charge is 0.245 e. The highest BCUT2D eigenvalue weighted by Crippen LogP contribution is 2.22. The molecule has 3 unspecified atom stereocenters. The number of hydrogen-bond acceptors (Lipinski definition) is 3. The predicted octanol–water partition coefficient (Wildman–Crippen LogP) is 0.927. The fourth-order valence-corrected chi connectivity index (χ4v) is 2.93. The Hall–Kier alpha value is -1.10. The van der Waals surface area contributed by atoms with Gasteiger partial charge in [0, 0.05) is 12.6 Å². The Labute approximate surface area is 114 Å². The molecule has 0 saturated carbocycles. The maximum Gasteiger partial charge on any atom is 0.245 e. The average Bonchev–Trinajstić information content (AvgIpc) is 2.32. The van der Waals surface area contributed by atoms with Gasteiger partial charge in [-0.25, -0.2) is 0 Å². The molecule has 2 fully saturated rings. The lowest BCUT2D eigenvalue weighted by Gasteiger charge is -2.41. The highest BCUT2D eigenvalue weighted by molar-refractivity contribution is 5.95. The van der Waals surface area contributed by atoms with E-state index in [1.165, 1.54) is 0 Å². The van der Waals surface area contributed by atoms with Gasteiger partial charge in [-0.2, -0.15) is 0 Å². The van der Waals surface area contributed by atoms with Crippen molar-refractivity contribution in [3.05, 3.63) is 0 Å². The third-order valence-corrected chi connectivity index (χ3v) is 3.84. The maximum atomic E-state index is 12.5. The Morgan fingerprint density at radius 3 is 2.79 bits per heavy atom. The first-order valence-electron chi connectivity index (χ1n) is 7.18. The lowest BCUT2D eigenvalue weighted by Crippen LogP contribution is -2.61. The van der Waals surface area contributed by atoms with Gasteiger partial charge in [0.1, 0.15) is 6.04 Å². The van der Waals surface area contributed by atoms with Crippen LogP contribution in [0, 0.1) is 5.92 Å². The predicted molar refractivity (Wildman–Crippen MR) is 71.5 cm³/mol. The second kappa shape index (κ2) is 5.90. The summed E-state index contributed by atoms with van der Waals surface area (Å²) in [5, 5.41) is 2.82. The Morgan fingerprint density at radius 2 is 2.16 bits per heavy atom. The standard InChI is InChI=1S/C14H24N2O3/c1-9(2)6-12-14(18)16(8-13(17)15-12)11-4-5-19-10(3)7-11/h9-12H,4-8H2,1-3H3,(H,15,17). The molecule has 0 aromatic carbocycles. The Bertz CT molecular complexity index is 357. The second-order valence-electron chi connectivity index (χ2n) is 6.08. The van der Waals surface area contributed by atoms with Crippen molar-refractivity contribution in [3.63, 3.8) is 0 Å². The summed E-state index contributed by atoms with van der Waals surface area (Å²) in [4.78, 5) is 26.1. The quantitative estimate of drug-likeness (QED) is 0.828. The van der Waals surface area contributed by atoms with Gasteiger partial charge in [0.05, 0.1) is 12.6 Å². The first kappa shape index (κ1) is 14.3. The highest BCUT2D eigenvalue weighted by atomic mass is 16.5. The summed E-state index contributed by atoms with van der Waals surface area (Å²) in [7, 11) is 0. The normalized spacial score (nSPS) is 32.6. The zero-order valence-corrected chi connectivity index (χ0v) is 12.0. The zero-order valence-electron chi connectivity index (χ0n) is 12.0. The lowest BCUT2D eigenvalue weighted by molar-refractivity contribution is -0.150. The minimum atomic E-state index is -0.348. The van der Waals surface area contributed by atoms with E-state index in [1.807, 2.05) is 6.92 Å². The number of amides is 2. The van der Waals surface area contributed by atoms with Gasteiger partial charge in [-0.05, 0) is 32.1 Å². The third kappa shape index (κ3) is 3.47. The molecule has 0 aromatic rings. The van der Waals surface area contributed by atoms with E-state index in [2.05, 4.69) is 19.2 Å². The van der Waals surface area contributed by atoms with Gasteiger partial charge in [0.15, 0.2) is 0 Å². The molecule has 19 heavy (non-hydrogen) atoms. The number of ether oxygens (including phenoxy) is 1. The molecule has 2 rings (SSSR count). The summed E-state index contributed by atoms with van der Waals surface area (Å²) in [6, 6.07) is -0.198. The van der Waals surface area contributed by atoms with E-state index in [0.717, 1.165) is 12.8 Å². The molecule has 0 spiro atoms. The molecule has 2 amide bonds. The van der Waals surface area contributed by atoms with Crippen LogP contribution < -0.4 is 5.32 Å². The third-order valence-electron chi connectivity index (χ3n) is 3.84. The fourth-order valence-electron chi connectivity index (χ4n) is 2.93. The van der Waals surface area contributed by atoms with Crippen LogP contribution in [0.3, 0.4) is 0 Å². The molecule has 5 nitrogen and oxygen atoms in total. The Kier molecular flexibility index (Phi) is 4.45. The molecular formula is C14H24N2O3. The molecule has 2 aliphatic heterocycles. The van der Waals surface area contributed by atoms with Crippen molar-refractivity contribution in [2.24, 2.45) is 5.92 Å². The number of rotatable bonds is 3. The van der Waals surface area contributed by atoms with Gasteiger partial charge in [0.25, 0.3) is 0 Å². The van der Waals surface area contributed by atoms with Crippen LogP contribution >= 0.6 is 0 Å². The number of nitrogens with one attached hydrogen (secondary N) is 1. The van der Waals surface area contributed by atoms with Crippen LogP contribution in [0.1, 0.15) is 40.0 Å². The summed E-state index contributed by atoms with van der Waals surface area (Å²) < 4.78 is 5.51. The summed E-state index contributed by atoms with van der Waals surface area (Å²) in [5.41, 5.74) is 0. The van der Waals surface area contributed by atoms with Gasteiger partial charge >= 0.3 is 0 Å². The summed E-state index contributed by atoms with van der Waals surface area (Å²) in [5.74, 6) is 0.430. The number of piperazine rings is 1. The van der Waals surface area contributed by atoms with Crippen LogP contribution in [0.5, 0.6) is 0 Å². The highest BCUT2D eigenvalue weighted by Gasteiger charge is 2.38. The molecule has 0 aliphatic carbocycles. The molecule has 2 heterocycles. The van der Waals surface area contributed by atoms with Gasteiger partial charge in [-0.3, -0.25) is 9.59 Å². The monoisotopic (exact) mass is 268 g/mol. The maximum absolute atomic E-state index is 12.5. The van der Waals surface area contributed by atoms with Crippen molar-refractivity contribution in [1.82, 2.24) is 10.2 Å². The van der Waals surface area contributed by atoms with E-state index < -0.39 is 0 Å². The van der Waals surface area contributed by atoms with Gasteiger partial charge in [0.2, 0.25) is 11.8 Å². The topological polar surface area (TPSA) is 58.6 Å². The van der Waals surface area contributed by atoms with Crippen LogP contribution in [0.2, 0.25) is 0 Å². The van der Waals surface area contributed by atoms with Crippen LogP contribution in [0.15, 0.2) is 0 Å². The molecule has 2 saturated heterocycles. The molecule has 0 radical (unpaired) electrons. The van der Waals surface area contributed by atoms with Crippen molar-refractivity contribution in [3.8, 4) is 0 Å². The SMILES string of the molecule is CC(C)CC1NC(=O)CN(C2CCOC(C)C2)C1=O. The molecule has 5 heteroatoms. The minimum Gasteiger partial charge on any atom is -0.378 e. The Balaban J connectivity index is 2.06. The zero-order chi connectivity index (χ0) is 14.0. The first-order chi connectivity index (χ1) is 8.97. The molecule has 0 aromatic heterocycles. The number of nitrogens with zero attached hydrogens (tertiary/aromatic N) is 1.